The molecule has 0 aliphatic heterocycles. The minimum absolute atomic E-state index is 0.0270. The van der Waals surface area contributed by atoms with E-state index in [9.17, 15) is 10.1 Å². The number of nitriles is 1. The summed E-state index contributed by atoms with van der Waals surface area (Å²) in [7, 11) is 0. The topological polar surface area (TPSA) is 91.8 Å². The first-order valence-electron chi connectivity index (χ1n) is 8.81. The normalized spacial score (nSPS) is 15.2. The maximum atomic E-state index is 11.4. The smallest absolute Gasteiger partial charge is 0.258 e. The lowest BCUT2D eigenvalue weighted by molar-refractivity contribution is -0.119. The Morgan fingerprint density at radius 2 is 2.19 bits per heavy atom. The van der Waals surface area contributed by atoms with Gasteiger partial charge in [0, 0.05) is 18.1 Å². The number of nitrogens with one attached hydrogen (secondary N) is 1. The van der Waals surface area contributed by atoms with Crippen molar-refractivity contribution < 1.29 is 9.32 Å². The third kappa shape index (κ3) is 3.08. The van der Waals surface area contributed by atoms with Crippen LogP contribution in [0.4, 0.5) is 0 Å². The molecule has 0 saturated carbocycles. The molecule has 134 valence electrons. The van der Waals surface area contributed by atoms with Gasteiger partial charge in [-0.25, -0.2) is 0 Å². The van der Waals surface area contributed by atoms with Crippen molar-refractivity contribution >= 4 is 5.91 Å². The van der Waals surface area contributed by atoms with Crippen molar-refractivity contribution in [1.29, 1.82) is 5.26 Å². The lowest BCUT2D eigenvalue weighted by atomic mass is 10.0. The van der Waals surface area contributed by atoms with Gasteiger partial charge in [-0.1, -0.05) is 29.4 Å². The maximum Gasteiger partial charge on any atom is 0.258 e. The number of fused-ring (bicyclic) bond motifs is 1. The molecule has 1 unspecified atom stereocenters. The van der Waals surface area contributed by atoms with Crippen LogP contribution in [-0.4, -0.2) is 16.0 Å². The second-order valence-electron chi connectivity index (χ2n) is 6.73. The number of hydrogen-bond acceptors (Lipinski definition) is 5. The highest BCUT2D eigenvalue weighted by atomic mass is 16.5. The molecule has 1 amide bonds. The van der Waals surface area contributed by atoms with Crippen LogP contribution in [0, 0.1) is 18.3 Å². The van der Waals surface area contributed by atoms with E-state index in [-0.39, 0.29) is 11.9 Å². The molecule has 1 N–H and O–H groups in total. The second-order valence-corrected chi connectivity index (χ2v) is 6.73. The average molecular weight is 358 g/mol. The van der Waals surface area contributed by atoms with Crippen molar-refractivity contribution in [3.05, 3.63) is 58.7 Å². The third-order valence-corrected chi connectivity index (χ3v) is 4.92. The molecule has 0 fully saturated rings. The number of nitrogens with zero attached hydrogens (tertiary/aromatic N) is 3. The van der Waals surface area contributed by atoms with Gasteiger partial charge < -0.3 is 9.84 Å². The first-order valence-corrected chi connectivity index (χ1v) is 8.81. The Morgan fingerprint density at radius 3 is 2.96 bits per heavy atom. The number of amides is 1. The Morgan fingerprint density at radius 1 is 1.33 bits per heavy atom. The predicted octanol–water partition coefficient (Wildman–Crippen LogP) is 3.71. The van der Waals surface area contributed by atoms with E-state index in [0.29, 0.717) is 17.3 Å². The molecule has 0 bridgehead atoms. The largest absolute Gasteiger partial charge is 0.350 e. The molecule has 1 atom stereocenters. The number of aromatic nitrogens is 2. The van der Waals surface area contributed by atoms with Gasteiger partial charge in [-0.15, -0.1) is 0 Å². The van der Waals surface area contributed by atoms with E-state index in [4.69, 9.17) is 4.52 Å². The second kappa shape index (κ2) is 6.69. The van der Waals surface area contributed by atoms with Crippen LogP contribution in [0.1, 0.15) is 41.6 Å². The van der Waals surface area contributed by atoms with E-state index in [2.05, 4.69) is 21.5 Å². The van der Waals surface area contributed by atoms with E-state index in [1.807, 2.05) is 37.3 Å². The number of benzene rings is 2. The van der Waals surface area contributed by atoms with E-state index >= 15 is 0 Å². The molecule has 3 aromatic rings. The Balaban J connectivity index is 1.70. The van der Waals surface area contributed by atoms with Crippen molar-refractivity contribution in [2.75, 3.05) is 0 Å². The summed E-state index contributed by atoms with van der Waals surface area (Å²) in [6.07, 6.45) is 1.71. The van der Waals surface area contributed by atoms with Crippen LogP contribution in [0.15, 0.2) is 40.9 Å². The minimum Gasteiger partial charge on any atom is -0.350 e. The van der Waals surface area contributed by atoms with Crippen LogP contribution >= 0.6 is 0 Å². The van der Waals surface area contributed by atoms with Gasteiger partial charge in [0.15, 0.2) is 0 Å². The Hall–Kier alpha value is -3.46. The summed E-state index contributed by atoms with van der Waals surface area (Å²) >= 11 is 0. The average Bonchev–Trinajstić information content (AvgIpc) is 3.29. The molecule has 0 radical (unpaired) electrons. The van der Waals surface area contributed by atoms with Gasteiger partial charge in [-0.05, 0) is 48.6 Å². The summed E-state index contributed by atoms with van der Waals surface area (Å²) in [6, 6.07) is 13.7. The molecule has 0 spiro atoms. The molecular formula is C21H18N4O2. The zero-order valence-electron chi connectivity index (χ0n) is 15.1. The van der Waals surface area contributed by atoms with E-state index in [0.717, 1.165) is 40.7 Å². The highest BCUT2D eigenvalue weighted by molar-refractivity contribution is 5.74. The zero-order valence-corrected chi connectivity index (χ0v) is 15.1. The van der Waals surface area contributed by atoms with Gasteiger partial charge in [0.1, 0.15) is 0 Å². The fraction of sp³-hybridized carbons (Fsp3) is 0.238. The van der Waals surface area contributed by atoms with Crippen LogP contribution in [0.25, 0.3) is 22.8 Å². The number of hydrogen-bond donors (Lipinski definition) is 1. The molecule has 2 aromatic carbocycles. The monoisotopic (exact) mass is 358 g/mol. The van der Waals surface area contributed by atoms with Crippen molar-refractivity contribution in [2.24, 2.45) is 0 Å². The van der Waals surface area contributed by atoms with Gasteiger partial charge in [-0.2, -0.15) is 10.2 Å². The molecule has 1 aliphatic carbocycles. The standard InChI is InChI=1S/C21H18N4O2/c1-12-6-7-14(10-15(12)11-22)21-24-20(25-27-21)18-5-3-4-17-16(18)8-9-19(17)23-13(2)26/h3-7,10,19H,8-9H2,1-2H3,(H,23,26). The van der Waals surface area contributed by atoms with Crippen LogP contribution in [0.2, 0.25) is 0 Å². The van der Waals surface area contributed by atoms with E-state index in [1.54, 1.807) is 6.07 Å². The van der Waals surface area contributed by atoms with Crippen LogP contribution in [0.5, 0.6) is 0 Å². The fourth-order valence-electron chi connectivity index (χ4n) is 3.58. The first kappa shape index (κ1) is 17.0. The number of aryl methyl sites for hydroxylation is 1. The van der Waals surface area contributed by atoms with E-state index < -0.39 is 0 Å². The summed E-state index contributed by atoms with van der Waals surface area (Å²) in [5, 5.41) is 16.4. The van der Waals surface area contributed by atoms with Crippen LogP contribution in [0.3, 0.4) is 0 Å². The van der Waals surface area contributed by atoms with Crippen LogP contribution in [-0.2, 0) is 11.2 Å². The first-order chi connectivity index (χ1) is 13.1. The lowest BCUT2D eigenvalue weighted by Crippen LogP contribution is -2.24. The lowest BCUT2D eigenvalue weighted by Gasteiger charge is -2.12. The van der Waals surface area contributed by atoms with Gasteiger partial charge in [0.2, 0.25) is 11.7 Å². The number of carbonyl (C=O) groups excluding carboxylic acids is 1. The summed E-state index contributed by atoms with van der Waals surface area (Å²) in [5.74, 6) is 0.868. The quantitative estimate of drug-likeness (QED) is 0.770. The van der Waals surface area contributed by atoms with E-state index in [1.165, 1.54) is 6.92 Å². The number of carbonyl (C=O) groups is 1. The molecule has 6 heteroatoms. The fourth-order valence-corrected chi connectivity index (χ4v) is 3.58. The van der Waals surface area contributed by atoms with Gasteiger partial charge in [0.05, 0.1) is 17.7 Å². The SMILES string of the molecule is CC(=O)NC1CCc2c(-c3noc(-c4ccc(C)c(C#N)c4)n3)cccc21. The van der Waals surface area contributed by atoms with Crippen molar-refractivity contribution in [3.8, 4) is 28.9 Å². The Labute approximate surface area is 156 Å². The van der Waals surface area contributed by atoms with Gasteiger partial charge >= 0.3 is 0 Å². The highest BCUT2D eigenvalue weighted by Gasteiger charge is 2.27. The highest BCUT2D eigenvalue weighted by Crippen LogP contribution is 2.37. The summed E-state index contributed by atoms with van der Waals surface area (Å²) in [6.45, 7) is 3.42. The van der Waals surface area contributed by atoms with Gasteiger partial charge in [0.25, 0.3) is 5.89 Å². The van der Waals surface area contributed by atoms with Gasteiger partial charge in [-0.3, -0.25) is 4.79 Å². The predicted molar refractivity (Wildman–Crippen MR) is 99.5 cm³/mol. The molecule has 1 aliphatic rings. The van der Waals surface area contributed by atoms with Crippen molar-refractivity contribution in [3.63, 3.8) is 0 Å². The Kier molecular flexibility index (Phi) is 4.21. The molecule has 27 heavy (non-hydrogen) atoms. The minimum atomic E-state index is -0.0345. The van der Waals surface area contributed by atoms with Crippen molar-refractivity contribution in [1.82, 2.24) is 15.5 Å². The molecule has 0 saturated heterocycles. The number of rotatable bonds is 3. The summed E-state index contributed by atoms with van der Waals surface area (Å²) < 4.78 is 5.46. The summed E-state index contributed by atoms with van der Waals surface area (Å²) in [5.41, 5.74) is 5.39. The van der Waals surface area contributed by atoms with Crippen LogP contribution < -0.4 is 5.32 Å². The summed E-state index contributed by atoms with van der Waals surface area (Å²) in [4.78, 5) is 16.0. The molecule has 6 nitrogen and oxygen atoms in total. The third-order valence-electron chi connectivity index (χ3n) is 4.92. The molecule has 1 aromatic heterocycles. The zero-order chi connectivity index (χ0) is 19.0. The van der Waals surface area contributed by atoms with Crippen molar-refractivity contribution in [2.45, 2.75) is 32.7 Å². The maximum absolute atomic E-state index is 11.4. The Bertz CT molecular complexity index is 1080. The molecule has 4 rings (SSSR count). The molecule has 1 heterocycles. The molecular weight excluding hydrogens is 340 g/mol.